The molecular formula is C12H13NO2. The molecule has 2 fully saturated rings. The van der Waals surface area contributed by atoms with Gasteiger partial charge in [-0.1, -0.05) is 6.07 Å². The highest BCUT2D eigenvalue weighted by Gasteiger charge is 2.64. The van der Waals surface area contributed by atoms with Crippen molar-refractivity contribution in [2.75, 3.05) is 6.54 Å². The van der Waals surface area contributed by atoms with Crippen molar-refractivity contribution in [2.24, 2.45) is 0 Å². The Hall–Kier alpha value is -1.06. The molecule has 2 aliphatic carbocycles. The summed E-state index contributed by atoms with van der Waals surface area (Å²) >= 11 is 0. The molecule has 1 saturated carbocycles. The molecule has 15 heavy (non-hydrogen) atoms. The van der Waals surface area contributed by atoms with Crippen LogP contribution in [0.5, 0.6) is 5.75 Å². The van der Waals surface area contributed by atoms with Crippen LogP contribution < -0.4 is 5.32 Å². The number of phenols is 1. The van der Waals surface area contributed by atoms with E-state index in [9.17, 15) is 10.2 Å². The molecule has 4 rings (SSSR count). The molecule has 3 heteroatoms. The fourth-order valence-corrected chi connectivity index (χ4v) is 3.84. The summed E-state index contributed by atoms with van der Waals surface area (Å²) in [6, 6.07) is 5.87. The molecule has 1 aromatic carbocycles. The standard InChI is InChI=1S/C12H13NO2/c14-6-1-2-9-7(3-6)8-4-12(9)5-13-11(12)10(8)15/h1-3,8,10-11,13-15H,4-5H2. The van der Waals surface area contributed by atoms with E-state index in [0.717, 1.165) is 13.0 Å². The summed E-state index contributed by atoms with van der Waals surface area (Å²) < 4.78 is 0. The van der Waals surface area contributed by atoms with E-state index in [2.05, 4.69) is 5.32 Å². The van der Waals surface area contributed by atoms with E-state index in [-0.39, 0.29) is 23.5 Å². The van der Waals surface area contributed by atoms with Crippen LogP contribution in [0.1, 0.15) is 23.5 Å². The molecule has 3 N–H and O–H groups in total. The molecule has 4 unspecified atom stereocenters. The second kappa shape index (κ2) is 2.20. The van der Waals surface area contributed by atoms with Crippen LogP contribution in [-0.4, -0.2) is 28.9 Å². The Bertz CT molecular complexity index is 459. The first-order valence-corrected chi connectivity index (χ1v) is 5.47. The molecule has 3 nitrogen and oxygen atoms in total. The van der Waals surface area contributed by atoms with E-state index in [1.54, 1.807) is 6.07 Å². The Morgan fingerprint density at radius 1 is 1.40 bits per heavy atom. The zero-order chi connectivity index (χ0) is 10.2. The van der Waals surface area contributed by atoms with E-state index in [4.69, 9.17) is 0 Å². The lowest BCUT2D eigenvalue weighted by Crippen LogP contribution is -2.66. The average Bonchev–Trinajstić information content (AvgIpc) is 2.59. The number of aromatic hydroxyl groups is 1. The third-order valence-electron chi connectivity index (χ3n) is 4.54. The number of aliphatic hydroxyl groups excluding tert-OH is 1. The summed E-state index contributed by atoms with van der Waals surface area (Å²) in [6.07, 6.45) is 0.776. The number of rotatable bonds is 0. The number of nitrogens with one attached hydrogen (secondary N) is 1. The van der Waals surface area contributed by atoms with Crippen molar-refractivity contribution in [2.45, 2.75) is 29.9 Å². The van der Waals surface area contributed by atoms with Crippen molar-refractivity contribution in [3.8, 4) is 5.75 Å². The number of aliphatic hydroxyl groups is 1. The van der Waals surface area contributed by atoms with E-state index in [1.165, 1.54) is 11.1 Å². The van der Waals surface area contributed by atoms with Crippen LogP contribution in [0.3, 0.4) is 0 Å². The molecule has 0 radical (unpaired) electrons. The molecule has 1 heterocycles. The second-order valence-electron chi connectivity index (χ2n) is 5.09. The maximum atomic E-state index is 10.1. The molecule has 78 valence electrons. The molecule has 1 aliphatic heterocycles. The maximum absolute atomic E-state index is 10.1. The topological polar surface area (TPSA) is 52.5 Å². The zero-order valence-electron chi connectivity index (χ0n) is 8.27. The molecule has 3 aliphatic rings. The quantitative estimate of drug-likeness (QED) is 0.574. The molecule has 2 bridgehead atoms. The Labute approximate surface area is 87.7 Å². The van der Waals surface area contributed by atoms with Gasteiger partial charge in [0.15, 0.2) is 0 Å². The van der Waals surface area contributed by atoms with Gasteiger partial charge in [-0.25, -0.2) is 0 Å². The monoisotopic (exact) mass is 203 g/mol. The SMILES string of the molecule is Oc1ccc2c(c1)C1CC23CNC3C1O. The smallest absolute Gasteiger partial charge is 0.115 e. The molecule has 1 aromatic rings. The highest BCUT2D eigenvalue weighted by Crippen LogP contribution is 2.60. The molecule has 0 aromatic heterocycles. The lowest BCUT2D eigenvalue weighted by atomic mass is 9.69. The molecular weight excluding hydrogens is 190 g/mol. The van der Waals surface area contributed by atoms with Crippen LogP contribution in [0.4, 0.5) is 0 Å². The molecule has 0 amide bonds. The van der Waals surface area contributed by atoms with Crippen molar-refractivity contribution in [3.63, 3.8) is 0 Å². The van der Waals surface area contributed by atoms with Crippen LogP contribution in [0, 0.1) is 0 Å². The van der Waals surface area contributed by atoms with Crippen molar-refractivity contribution in [1.82, 2.24) is 5.32 Å². The fraction of sp³-hybridized carbons (Fsp3) is 0.500. The Morgan fingerprint density at radius 3 is 3.00 bits per heavy atom. The minimum Gasteiger partial charge on any atom is -0.508 e. The van der Waals surface area contributed by atoms with Gasteiger partial charge in [0, 0.05) is 23.9 Å². The fourth-order valence-electron chi connectivity index (χ4n) is 3.84. The number of benzene rings is 1. The van der Waals surface area contributed by atoms with Crippen LogP contribution >= 0.6 is 0 Å². The van der Waals surface area contributed by atoms with Crippen LogP contribution in [0.25, 0.3) is 0 Å². The van der Waals surface area contributed by atoms with Gasteiger partial charge >= 0.3 is 0 Å². The number of hydrogen-bond donors (Lipinski definition) is 3. The summed E-state index contributed by atoms with van der Waals surface area (Å²) in [5.41, 5.74) is 2.69. The Kier molecular flexibility index (Phi) is 1.19. The lowest BCUT2D eigenvalue weighted by Gasteiger charge is -2.48. The van der Waals surface area contributed by atoms with Gasteiger partial charge < -0.3 is 15.5 Å². The van der Waals surface area contributed by atoms with Crippen molar-refractivity contribution < 1.29 is 10.2 Å². The maximum Gasteiger partial charge on any atom is 0.115 e. The van der Waals surface area contributed by atoms with E-state index >= 15 is 0 Å². The number of fused-ring (bicyclic) bond motifs is 3. The highest BCUT2D eigenvalue weighted by atomic mass is 16.3. The van der Waals surface area contributed by atoms with Gasteiger partial charge in [0.05, 0.1) is 6.10 Å². The minimum absolute atomic E-state index is 0.174. The summed E-state index contributed by atoms with van der Waals surface area (Å²) in [4.78, 5) is 0. The van der Waals surface area contributed by atoms with Gasteiger partial charge in [-0.2, -0.15) is 0 Å². The van der Waals surface area contributed by atoms with Gasteiger partial charge in [0.25, 0.3) is 0 Å². The molecule has 1 spiro atoms. The van der Waals surface area contributed by atoms with E-state index in [1.807, 2.05) is 12.1 Å². The van der Waals surface area contributed by atoms with Gasteiger partial charge in [-0.15, -0.1) is 0 Å². The van der Waals surface area contributed by atoms with Gasteiger partial charge in [-0.05, 0) is 29.7 Å². The first kappa shape index (κ1) is 8.13. The Morgan fingerprint density at radius 2 is 2.27 bits per heavy atom. The van der Waals surface area contributed by atoms with Gasteiger partial charge in [0.2, 0.25) is 0 Å². The third kappa shape index (κ3) is 0.703. The minimum atomic E-state index is -0.270. The predicted molar refractivity (Wildman–Crippen MR) is 54.9 cm³/mol. The third-order valence-corrected chi connectivity index (χ3v) is 4.54. The average molecular weight is 203 g/mol. The van der Waals surface area contributed by atoms with Crippen LogP contribution in [0.15, 0.2) is 18.2 Å². The van der Waals surface area contributed by atoms with Gasteiger partial charge in [-0.3, -0.25) is 0 Å². The predicted octanol–water partition coefficient (Wildman–Crippen LogP) is 0.464. The number of phenolic OH excluding ortho intramolecular Hbond substituents is 1. The van der Waals surface area contributed by atoms with Crippen LogP contribution in [0.2, 0.25) is 0 Å². The largest absolute Gasteiger partial charge is 0.508 e. The summed E-state index contributed by atoms with van der Waals surface area (Å²) in [5.74, 6) is 0.542. The summed E-state index contributed by atoms with van der Waals surface area (Å²) in [6.45, 7) is 0.975. The first-order valence-electron chi connectivity index (χ1n) is 5.47. The first-order chi connectivity index (χ1) is 7.22. The second-order valence-corrected chi connectivity index (χ2v) is 5.09. The summed E-state index contributed by atoms with van der Waals surface area (Å²) in [7, 11) is 0. The summed E-state index contributed by atoms with van der Waals surface area (Å²) in [5, 5.41) is 22.9. The van der Waals surface area contributed by atoms with Crippen molar-refractivity contribution >= 4 is 0 Å². The van der Waals surface area contributed by atoms with Gasteiger partial charge in [0.1, 0.15) is 5.75 Å². The Balaban J connectivity index is 1.98. The highest BCUT2D eigenvalue weighted by molar-refractivity contribution is 5.54. The number of hydrogen-bond acceptors (Lipinski definition) is 3. The van der Waals surface area contributed by atoms with E-state index in [0.29, 0.717) is 5.75 Å². The zero-order valence-corrected chi connectivity index (χ0v) is 8.27. The lowest BCUT2D eigenvalue weighted by molar-refractivity contribution is 0.0700. The molecule has 4 atom stereocenters. The van der Waals surface area contributed by atoms with Crippen LogP contribution in [-0.2, 0) is 5.41 Å². The molecule has 1 saturated heterocycles. The van der Waals surface area contributed by atoms with E-state index < -0.39 is 0 Å². The van der Waals surface area contributed by atoms with Crippen molar-refractivity contribution in [3.05, 3.63) is 29.3 Å². The van der Waals surface area contributed by atoms with Crippen molar-refractivity contribution in [1.29, 1.82) is 0 Å². The normalized spacial score (nSPS) is 44.7.